The van der Waals surface area contributed by atoms with Gasteiger partial charge in [-0.05, 0) is 31.4 Å². The summed E-state index contributed by atoms with van der Waals surface area (Å²) >= 11 is 0. The zero-order valence-electron chi connectivity index (χ0n) is 5.46. The van der Waals surface area contributed by atoms with Crippen LogP contribution in [0.4, 0.5) is 0 Å². The fourth-order valence-electron chi connectivity index (χ4n) is 0.296. The molecule has 0 unspecified atom stereocenters. The van der Waals surface area contributed by atoms with Gasteiger partial charge in [0.25, 0.3) is 0 Å². The zero-order chi connectivity index (χ0) is 7.11. The molecule has 0 bridgehead atoms. The van der Waals surface area contributed by atoms with Crippen LogP contribution in [-0.4, -0.2) is 6.72 Å². The van der Waals surface area contributed by atoms with Crippen molar-refractivity contribution in [1.29, 1.82) is 0 Å². The van der Waals surface area contributed by atoms with E-state index >= 15 is 0 Å². The lowest BCUT2D eigenvalue weighted by Gasteiger charge is -1.78. The van der Waals surface area contributed by atoms with Crippen LogP contribution < -0.4 is 0 Å². The SMILES string of the molecule is C#C/C(C)=C/C=C\N=C. The van der Waals surface area contributed by atoms with Crippen LogP contribution in [0.15, 0.2) is 28.9 Å². The summed E-state index contributed by atoms with van der Waals surface area (Å²) in [6.45, 7) is 5.12. The molecule has 0 aliphatic rings. The Hall–Kier alpha value is -1.29. The molecule has 0 aliphatic heterocycles. The molecule has 0 rings (SSSR count). The predicted molar refractivity (Wildman–Crippen MR) is 41.3 cm³/mol. The van der Waals surface area contributed by atoms with Gasteiger partial charge in [-0.15, -0.1) is 6.42 Å². The lowest BCUT2D eigenvalue weighted by Crippen LogP contribution is -1.62. The molecule has 0 aromatic rings. The van der Waals surface area contributed by atoms with Crippen molar-refractivity contribution in [3.8, 4) is 12.3 Å². The molecule has 1 heteroatoms. The van der Waals surface area contributed by atoms with Crippen molar-refractivity contribution < 1.29 is 0 Å². The Balaban J connectivity index is 3.86. The Bertz CT molecular complexity index is 179. The van der Waals surface area contributed by atoms with Crippen molar-refractivity contribution >= 4 is 6.72 Å². The van der Waals surface area contributed by atoms with Crippen LogP contribution in [0, 0.1) is 12.3 Å². The van der Waals surface area contributed by atoms with E-state index in [4.69, 9.17) is 6.42 Å². The van der Waals surface area contributed by atoms with Gasteiger partial charge >= 0.3 is 0 Å². The van der Waals surface area contributed by atoms with Gasteiger partial charge in [0.05, 0.1) is 0 Å². The molecule has 0 aliphatic carbocycles. The first-order valence-electron chi connectivity index (χ1n) is 2.57. The second-order valence-corrected chi connectivity index (χ2v) is 1.52. The molecule has 0 radical (unpaired) electrons. The minimum atomic E-state index is 0.884. The number of terminal acetylenes is 1. The van der Waals surface area contributed by atoms with Crippen LogP contribution in [0.2, 0.25) is 0 Å². The highest BCUT2D eigenvalue weighted by Gasteiger charge is 1.71. The van der Waals surface area contributed by atoms with E-state index in [0.717, 1.165) is 5.57 Å². The van der Waals surface area contributed by atoms with Crippen LogP contribution in [0.3, 0.4) is 0 Å². The average Bonchev–Trinajstić information content (AvgIpc) is 1.89. The second kappa shape index (κ2) is 4.86. The summed E-state index contributed by atoms with van der Waals surface area (Å²) in [6.07, 6.45) is 10.2. The summed E-state index contributed by atoms with van der Waals surface area (Å²) in [5.41, 5.74) is 0.884. The van der Waals surface area contributed by atoms with Crippen LogP contribution in [0.1, 0.15) is 6.92 Å². The average molecular weight is 119 g/mol. The number of hydrogen-bond acceptors (Lipinski definition) is 1. The third kappa shape index (κ3) is 4.57. The monoisotopic (exact) mass is 119 g/mol. The molecule has 0 aromatic heterocycles. The highest BCUT2D eigenvalue weighted by molar-refractivity contribution is 5.29. The van der Waals surface area contributed by atoms with E-state index in [2.05, 4.69) is 17.6 Å². The molecule has 0 amide bonds. The maximum absolute atomic E-state index is 5.06. The number of hydrogen-bond donors (Lipinski definition) is 0. The van der Waals surface area contributed by atoms with E-state index in [0.29, 0.717) is 0 Å². The van der Waals surface area contributed by atoms with Crippen molar-refractivity contribution in [1.82, 2.24) is 0 Å². The van der Waals surface area contributed by atoms with Crippen molar-refractivity contribution in [3.05, 3.63) is 23.9 Å². The molecule has 0 spiro atoms. The highest BCUT2D eigenvalue weighted by Crippen LogP contribution is 1.88. The van der Waals surface area contributed by atoms with Gasteiger partial charge in [-0.25, -0.2) is 0 Å². The lowest BCUT2D eigenvalue weighted by atomic mass is 10.3. The number of rotatable bonds is 2. The van der Waals surface area contributed by atoms with Crippen molar-refractivity contribution in [2.75, 3.05) is 0 Å². The molecule has 9 heavy (non-hydrogen) atoms. The van der Waals surface area contributed by atoms with Crippen molar-refractivity contribution in [3.63, 3.8) is 0 Å². The Labute approximate surface area is 55.8 Å². The predicted octanol–water partition coefficient (Wildman–Crippen LogP) is 1.78. The van der Waals surface area contributed by atoms with Crippen molar-refractivity contribution in [2.45, 2.75) is 6.92 Å². The molecule has 1 nitrogen and oxygen atoms in total. The third-order valence-corrected chi connectivity index (χ3v) is 0.765. The van der Waals surface area contributed by atoms with Crippen LogP contribution in [0.5, 0.6) is 0 Å². The van der Waals surface area contributed by atoms with Gasteiger partial charge in [-0.2, -0.15) is 0 Å². The molecule has 0 saturated heterocycles. The smallest absolute Gasteiger partial charge is 0.0260 e. The summed E-state index contributed by atoms with van der Waals surface area (Å²) in [5.74, 6) is 2.47. The minimum Gasteiger partial charge on any atom is -0.273 e. The normalized spacial score (nSPS) is 11.3. The summed E-state index contributed by atoms with van der Waals surface area (Å²) in [4.78, 5) is 3.50. The fraction of sp³-hybridized carbons (Fsp3) is 0.125. The number of allylic oxidation sites excluding steroid dienone is 3. The maximum atomic E-state index is 5.06. The van der Waals surface area contributed by atoms with Crippen LogP contribution >= 0.6 is 0 Å². The molecule has 0 aromatic carbocycles. The highest BCUT2D eigenvalue weighted by atomic mass is 14.6. The second-order valence-electron chi connectivity index (χ2n) is 1.52. The maximum Gasteiger partial charge on any atom is 0.0260 e. The first-order chi connectivity index (χ1) is 4.31. The third-order valence-electron chi connectivity index (χ3n) is 0.765. The Kier molecular flexibility index (Phi) is 4.16. The molecule has 0 fully saturated rings. The lowest BCUT2D eigenvalue weighted by molar-refractivity contribution is 1.55. The quantitative estimate of drug-likeness (QED) is 0.298. The van der Waals surface area contributed by atoms with Crippen molar-refractivity contribution in [2.24, 2.45) is 4.99 Å². The summed E-state index contributed by atoms with van der Waals surface area (Å²) in [7, 11) is 0. The van der Waals surface area contributed by atoms with Crippen LogP contribution in [-0.2, 0) is 0 Å². The van der Waals surface area contributed by atoms with Gasteiger partial charge in [0.2, 0.25) is 0 Å². The fourth-order valence-corrected chi connectivity index (χ4v) is 0.296. The Morgan fingerprint density at radius 3 is 2.89 bits per heavy atom. The summed E-state index contributed by atoms with van der Waals surface area (Å²) < 4.78 is 0. The van der Waals surface area contributed by atoms with Gasteiger partial charge in [0, 0.05) is 6.20 Å². The Morgan fingerprint density at radius 2 is 2.44 bits per heavy atom. The summed E-state index contributed by atoms with van der Waals surface area (Å²) in [6, 6.07) is 0. The van der Waals surface area contributed by atoms with E-state index < -0.39 is 0 Å². The van der Waals surface area contributed by atoms with E-state index in [1.165, 1.54) is 0 Å². The van der Waals surface area contributed by atoms with E-state index in [9.17, 15) is 0 Å². The Morgan fingerprint density at radius 1 is 1.78 bits per heavy atom. The van der Waals surface area contributed by atoms with Gasteiger partial charge in [-0.1, -0.05) is 5.92 Å². The van der Waals surface area contributed by atoms with Gasteiger partial charge in [0.1, 0.15) is 0 Å². The number of aliphatic imine (C=N–C) groups is 1. The van der Waals surface area contributed by atoms with E-state index in [1.54, 1.807) is 18.4 Å². The molecule has 0 N–H and O–H groups in total. The minimum absolute atomic E-state index is 0.884. The first kappa shape index (κ1) is 7.71. The van der Waals surface area contributed by atoms with E-state index in [1.807, 2.05) is 6.92 Å². The topological polar surface area (TPSA) is 12.4 Å². The first-order valence-corrected chi connectivity index (χ1v) is 2.57. The molecule has 0 saturated carbocycles. The van der Waals surface area contributed by atoms with E-state index in [-0.39, 0.29) is 0 Å². The molecule has 46 valence electrons. The molecular formula is C8H9N. The summed E-state index contributed by atoms with van der Waals surface area (Å²) in [5, 5.41) is 0. The van der Waals surface area contributed by atoms with Gasteiger partial charge in [0.15, 0.2) is 0 Å². The molecular weight excluding hydrogens is 110 g/mol. The zero-order valence-corrected chi connectivity index (χ0v) is 5.46. The molecule has 0 atom stereocenters. The number of nitrogens with zero attached hydrogens (tertiary/aromatic N) is 1. The van der Waals surface area contributed by atoms with Gasteiger partial charge in [-0.3, -0.25) is 4.99 Å². The van der Waals surface area contributed by atoms with Gasteiger partial charge < -0.3 is 0 Å². The van der Waals surface area contributed by atoms with Crippen LogP contribution in [0.25, 0.3) is 0 Å². The molecule has 0 heterocycles. The largest absolute Gasteiger partial charge is 0.273 e. The standard InChI is InChI=1S/C8H9N/c1-4-8(2)6-5-7-9-3/h1,5-7H,3H2,2H3/b7-5-,8-6+.